The molecule has 5 heteroatoms. The Bertz CT molecular complexity index is 276. The molecule has 64 valence electrons. The van der Waals surface area contributed by atoms with Gasteiger partial charge in [-0.2, -0.15) is 4.79 Å². The molecule has 12 heavy (non-hydrogen) atoms. The van der Waals surface area contributed by atoms with E-state index in [1.165, 1.54) is 4.90 Å². The van der Waals surface area contributed by atoms with Crippen LogP contribution in [-0.2, 0) is 15.7 Å². The van der Waals surface area contributed by atoms with Crippen LogP contribution >= 0.6 is 0 Å². The summed E-state index contributed by atoms with van der Waals surface area (Å²) in [4.78, 5) is 23.1. The van der Waals surface area contributed by atoms with E-state index in [2.05, 4.69) is 0 Å². The van der Waals surface area contributed by atoms with Gasteiger partial charge in [0.15, 0.2) is 0 Å². The highest BCUT2D eigenvalue weighted by atomic mass is 32.2. The molecule has 2 atom stereocenters. The molecule has 2 rings (SSSR count). The maximum absolute atomic E-state index is 10.9. The first kappa shape index (κ1) is 7.67. The molecule has 0 spiro atoms. The summed E-state index contributed by atoms with van der Waals surface area (Å²) >= 11 is 0. The van der Waals surface area contributed by atoms with E-state index in [4.69, 9.17) is 5.11 Å². The summed E-state index contributed by atoms with van der Waals surface area (Å²) in [5.74, 6) is 0.610. The van der Waals surface area contributed by atoms with Crippen molar-refractivity contribution in [2.45, 2.75) is 11.8 Å². The first-order valence-electron chi connectivity index (χ1n) is 3.60. The second kappa shape index (κ2) is 2.52. The van der Waals surface area contributed by atoms with E-state index < -0.39 is 16.2 Å². The fourth-order valence-electron chi connectivity index (χ4n) is 1.38. The Hall–Kier alpha value is -0.970. The zero-order chi connectivity index (χ0) is 8.72. The Balaban J connectivity index is 2.17. The number of hydrogen-bond acceptors (Lipinski definition) is 2. The summed E-state index contributed by atoms with van der Waals surface area (Å²) in [6, 6.07) is 0. The van der Waals surface area contributed by atoms with Crippen molar-refractivity contribution in [2.75, 3.05) is 5.75 Å². The molecule has 1 unspecified atom stereocenters. The summed E-state index contributed by atoms with van der Waals surface area (Å²) < 4.78 is 0. The van der Waals surface area contributed by atoms with E-state index in [-0.39, 0.29) is 11.3 Å². The summed E-state index contributed by atoms with van der Waals surface area (Å²) in [6.07, 6.45) is 3.85. The third-order valence-corrected chi connectivity index (χ3v) is 4.09. The van der Waals surface area contributed by atoms with Crippen LogP contribution in [0.15, 0.2) is 12.3 Å². The fourth-order valence-corrected chi connectivity index (χ4v) is 3.07. The number of carbonyl (C=O) groups excluding carboxylic acids is 1. The van der Waals surface area contributed by atoms with Gasteiger partial charge in [-0.05, 0) is 6.08 Å². The van der Waals surface area contributed by atoms with Crippen molar-refractivity contribution in [2.24, 2.45) is 0 Å². The van der Waals surface area contributed by atoms with Gasteiger partial charge in [0.1, 0.15) is 16.6 Å². The van der Waals surface area contributed by atoms with Crippen LogP contribution in [0, 0.1) is 0 Å². The van der Waals surface area contributed by atoms with Gasteiger partial charge in [0.25, 0.3) is 0 Å². The van der Waals surface area contributed by atoms with Gasteiger partial charge in [-0.15, -0.1) is 0 Å². The standard InChI is InChI=1S/C7H7NO3S/c9-5-4-6-8(5)2-1-3-12(6)7(10)11/h1-2,6H,3-4H2/p+1/t6-,12?/m1/s1. The van der Waals surface area contributed by atoms with Gasteiger partial charge in [0.05, 0.1) is 6.42 Å². The number of β-lactam (4-membered cyclic amide) rings is 1. The Morgan fingerprint density at radius 2 is 2.50 bits per heavy atom. The summed E-state index contributed by atoms with van der Waals surface area (Å²) in [7, 11) is -0.670. The lowest BCUT2D eigenvalue weighted by Gasteiger charge is -2.36. The van der Waals surface area contributed by atoms with Gasteiger partial charge in [-0.1, -0.05) is 0 Å². The van der Waals surface area contributed by atoms with E-state index >= 15 is 0 Å². The first-order valence-corrected chi connectivity index (χ1v) is 5.06. The topological polar surface area (TPSA) is 57.6 Å². The molecule has 0 radical (unpaired) electrons. The molecule has 0 aliphatic carbocycles. The lowest BCUT2D eigenvalue weighted by atomic mass is 10.2. The van der Waals surface area contributed by atoms with Crippen LogP contribution in [0.4, 0.5) is 4.79 Å². The minimum atomic E-state index is -0.776. The van der Waals surface area contributed by atoms with Crippen LogP contribution in [0.1, 0.15) is 6.42 Å². The zero-order valence-electron chi connectivity index (χ0n) is 6.27. The van der Waals surface area contributed by atoms with Crippen molar-refractivity contribution in [3.63, 3.8) is 0 Å². The van der Waals surface area contributed by atoms with E-state index in [0.29, 0.717) is 12.2 Å². The van der Waals surface area contributed by atoms with Crippen LogP contribution in [0.3, 0.4) is 0 Å². The van der Waals surface area contributed by atoms with Crippen LogP contribution < -0.4 is 0 Å². The maximum atomic E-state index is 10.9. The van der Waals surface area contributed by atoms with Crippen molar-refractivity contribution >= 4 is 22.1 Å². The predicted octanol–water partition coefficient (Wildman–Crippen LogP) is 0.368. The van der Waals surface area contributed by atoms with Gasteiger partial charge in [-0.3, -0.25) is 9.69 Å². The average Bonchev–Trinajstić information content (AvgIpc) is 2.02. The van der Waals surface area contributed by atoms with Crippen LogP contribution in [-0.4, -0.2) is 32.3 Å². The van der Waals surface area contributed by atoms with Crippen molar-refractivity contribution < 1.29 is 14.7 Å². The van der Waals surface area contributed by atoms with Gasteiger partial charge < -0.3 is 5.11 Å². The van der Waals surface area contributed by atoms with Crippen molar-refractivity contribution in [3.05, 3.63) is 12.3 Å². The predicted molar refractivity (Wildman–Crippen MR) is 44.6 cm³/mol. The molecular weight excluding hydrogens is 178 g/mol. The molecule has 0 bridgehead atoms. The smallest absolute Gasteiger partial charge is 0.441 e. The van der Waals surface area contributed by atoms with Crippen LogP contribution in [0.5, 0.6) is 0 Å². The van der Waals surface area contributed by atoms with Gasteiger partial charge in [0.2, 0.25) is 11.3 Å². The minimum Gasteiger partial charge on any atom is -0.441 e. The number of carbonyl (C=O) groups is 2. The molecule has 4 nitrogen and oxygen atoms in total. The van der Waals surface area contributed by atoms with E-state index in [9.17, 15) is 9.59 Å². The fraction of sp³-hybridized carbons (Fsp3) is 0.429. The Labute approximate surface area is 72.2 Å². The third-order valence-electron chi connectivity index (χ3n) is 2.04. The molecular formula is C7H8NO3S+. The second-order valence-electron chi connectivity index (χ2n) is 2.71. The SMILES string of the molecule is O=C1C[C@@H]2N1C=CC[S+]2C(=O)O. The van der Waals surface area contributed by atoms with Gasteiger partial charge in [0, 0.05) is 6.20 Å². The summed E-state index contributed by atoms with van der Waals surface area (Å²) in [5, 5.41) is 7.96. The number of fused-ring (bicyclic) bond motifs is 1. The Kier molecular flexibility index (Phi) is 1.61. The number of rotatable bonds is 0. The Morgan fingerprint density at radius 1 is 1.75 bits per heavy atom. The molecule has 0 aromatic carbocycles. The summed E-state index contributed by atoms with van der Waals surface area (Å²) in [6.45, 7) is 0. The molecule has 0 aromatic rings. The number of carboxylic acid groups (broad SMARTS) is 1. The van der Waals surface area contributed by atoms with Crippen LogP contribution in [0.2, 0.25) is 0 Å². The lowest BCUT2D eigenvalue weighted by Crippen LogP contribution is -2.57. The number of hydrogen-bond donors (Lipinski definition) is 1. The monoisotopic (exact) mass is 186 g/mol. The minimum absolute atomic E-state index is 0.0368. The molecule has 0 aromatic heterocycles. The zero-order valence-corrected chi connectivity index (χ0v) is 7.08. The highest BCUT2D eigenvalue weighted by Gasteiger charge is 2.53. The Morgan fingerprint density at radius 3 is 3.08 bits per heavy atom. The molecule has 1 fully saturated rings. The quantitative estimate of drug-likeness (QED) is 0.439. The molecule has 2 aliphatic heterocycles. The van der Waals surface area contributed by atoms with E-state index in [1.807, 2.05) is 0 Å². The highest BCUT2D eigenvalue weighted by Crippen LogP contribution is 2.30. The number of amides is 1. The third kappa shape index (κ3) is 0.929. The molecule has 2 heterocycles. The molecule has 1 amide bonds. The summed E-state index contributed by atoms with van der Waals surface area (Å²) in [5.41, 5.74) is 0. The highest BCUT2D eigenvalue weighted by molar-refractivity contribution is 8.11. The molecule has 2 aliphatic rings. The molecule has 1 N–H and O–H groups in total. The van der Waals surface area contributed by atoms with E-state index in [1.54, 1.807) is 12.3 Å². The first-order chi connectivity index (χ1) is 5.70. The second-order valence-corrected chi connectivity index (χ2v) is 4.79. The molecule has 0 saturated carbocycles. The van der Waals surface area contributed by atoms with E-state index in [0.717, 1.165) is 0 Å². The van der Waals surface area contributed by atoms with Crippen molar-refractivity contribution in [1.82, 2.24) is 4.90 Å². The number of nitrogens with zero attached hydrogens (tertiary/aromatic N) is 1. The lowest BCUT2D eigenvalue weighted by molar-refractivity contribution is -0.137. The largest absolute Gasteiger partial charge is 0.525 e. The average molecular weight is 186 g/mol. The normalized spacial score (nSPS) is 32.7. The maximum Gasteiger partial charge on any atom is 0.525 e. The van der Waals surface area contributed by atoms with Crippen molar-refractivity contribution in [3.8, 4) is 0 Å². The van der Waals surface area contributed by atoms with Crippen LogP contribution in [0.25, 0.3) is 0 Å². The van der Waals surface area contributed by atoms with Crippen molar-refractivity contribution in [1.29, 1.82) is 0 Å². The van der Waals surface area contributed by atoms with Gasteiger partial charge in [-0.25, -0.2) is 0 Å². The van der Waals surface area contributed by atoms with Gasteiger partial charge >= 0.3 is 5.30 Å². The molecule has 1 saturated heterocycles.